The van der Waals surface area contributed by atoms with Gasteiger partial charge < -0.3 is 10.1 Å². The molecule has 0 fully saturated rings. The Labute approximate surface area is 189 Å². The zero-order valence-corrected chi connectivity index (χ0v) is 19.3. The van der Waals surface area contributed by atoms with Gasteiger partial charge in [0.25, 0.3) is 0 Å². The summed E-state index contributed by atoms with van der Waals surface area (Å²) in [4.78, 5) is 13.1. The van der Waals surface area contributed by atoms with Gasteiger partial charge >= 0.3 is 0 Å². The molecule has 0 saturated carbocycles. The maximum Gasteiger partial charge on any atom is 0.241 e. The third-order valence-corrected chi connectivity index (χ3v) is 6.20. The number of sulfonamides is 1. The summed E-state index contributed by atoms with van der Waals surface area (Å²) in [7, 11) is -3.68. The van der Waals surface area contributed by atoms with E-state index in [4.69, 9.17) is 4.74 Å². The fourth-order valence-corrected chi connectivity index (χ4v) is 4.37. The van der Waals surface area contributed by atoms with Crippen molar-refractivity contribution in [2.75, 3.05) is 23.7 Å². The maximum absolute atomic E-state index is 13.1. The average molecular weight is 453 g/mol. The van der Waals surface area contributed by atoms with Crippen molar-refractivity contribution >= 4 is 21.6 Å². The van der Waals surface area contributed by atoms with Crippen molar-refractivity contribution in [3.8, 4) is 5.75 Å². The van der Waals surface area contributed by atoms with Crippen molar-refractivity contribution in [1.29, 1.82) is 0 Å². The number of hydrogen-bond donors (Lipinski definition) is 1. The summed E-state index contributed by atoms with van der Waals surface area (Å²) in [5, 5.41) is 3.02. The second-order valence-corrected chi connectivity index (χ2v) is 9.37. The number of anilines is 1. The first kappa shape index (κ1) is 23.3. The molecule has 1 unspecified atom stereocenters. The summed E-state index contributed by atoms with van der Waals surface area (Å²) >= 11 is 0. The van der Waals surface area contributed by atoms with Gasteiger partial charge in [-0.25, -0.2) is 8.42 Å². The number of nitrogens with one attached hydrogen (secondary N) is 1. The zero-order chi connectivity index (χ0) is 23.1. The van der Waals surface area contributed by atoms with Crippen molar-refractivity contribution in [2.45, 2.75) is 19.9 Å². The summed E-state index contributed by atoms with van der Waals surface area (Å²) in [6.07, 6.45) is 1.09. The predicted octanol–water partition coefficient (Wildman–Crippen LogP) is 4.07. The highest BCUT2D eigenvalue weighted by Crippen LogP contribution is 2.26. The summed E-state index contributed by atoms with van der Waals surface area (Å²) < 4.78 is 31.5. The number of hydrogen-bond acceptors (Lipinski definition) is 4. The number of nitrogens with zero attached hydrogens (tertiary/aromatic N) is 1. The highest BCUT2D eigenvalue weighted by atomic mass is 32.2. The number of aryl methyl sites for hydroxylation is 1. The van der Waals surface area contributed by atoms with Crippen molar-refractivity contribution in [1.82, 2.24) is 5.32 Å². The number of carbonyl (C=O) groups is 1. The monoisotopic (exact) mass is 452 g/mol. The highest BCUT2D eigenvalue weighted by molar-refractivity contribution is 7.92. The van der Waals surface area contributed by atoms with E-state index in [1.165, 1.54) is 0 Å². The molecule has 32 heavy (non-hydrogen) atoms. The molecule has 0 spiro atoms. The van der Waals surface area contributed by atoms with Crippen molar-refractivity contribution < 1.29 is 17.9 Å². The van der Waals surface area contributed by atoms with Crippen LogP contribution in [0.3, 0.4) is 0 Å². The van der Waals surface area contributed by atoms with Gasteiger partial charge in [-0.1, -0.05) is 54.6 Å². The third kappa shape index (κ3) is 5.88. The molecular formula is C25H28N2O4S. The SMILES string of the molecule is CCOc1ccc(N(CC(=O)NC(c2ccccc2)c2ccccc2C)S(C)(=O)=O)cc1. The molecule has 0 aliphatic rings. The standard InChI is InChI=1S/C25H28N2O4S/c1-4-31-22-16-14-21(15-17-22)27(32(3,29)30)18-24(28)26-25(20-11-6-5-7-12-20)23-13-9-8-10-19(23)2/h5-17,25H,4,18H2,1-3H3,(H,26,28). The molecule has 7 heteroatoms. The van der Waals surface area contributed by atoms with Crippen LogP contribution in [0, 0.1) is 6.92 Å². The summed E-state index contributed by atoms with van der Waals surface area (Å²) in [5.41, 5.74) is 3.31. The van der Waals surface area contributed by atoms with Crippen LogP contribution in [0.25, 0.3) is 0 Å². The Hall–Kier alpha value is -3.32. The van der Waals surface area contributed by atoms with Gasteiger partial charge in [0.2, 0.25) is 15.9 Å². The van der Waals surface area contributed by atoms with Gasteiger partial charge in [0.1, 0.15) is 12.3 Å². The van der Waals surface area contributed by atoms with E-state index in [1.54, 1.807) is 24.3 Å². The minimum atomic E-state index is -3.68. The van der Waals surface area contributed by atoms with Crippen LogP contribution in [0.1, 0.15) is 29.7 Å². The van der Waals surface area contributed by atoms with E-state index in [9.17, 15) is 13.2 Å². The molecule has 1 N–H and O–H groups in total. The lowest BCUT2D eigenvalue weighted by Gasteiger charge is -2.25. The number of amides is 1. The predicted molar refractivity (Wildman–Crippen MR) is 127 cm³/mol. The first-order valence-electron chi connectivity index (χ1n) is 10.4. The molecule has 0 radical (unpaired) electrons. The van der Waals surface area contributed by atoms with Crippen molar-refractivity contribution in [3.63, 3.8) is 0 Å². The van der Waals surface area contributed by atoms with Crippen LogP contribution in [0.15, 0.2) is 78.9 Å². The van der Waals surface area contributed by atoms with Crippen LogP contribution in [-0.2, 0) is 14.8 Å². The topological polar surface area (TPSA) is 75.7 Å². The molecule has 0 aliphatic carbocycles. The minimum absolute atomic E-state index is 0.331. The van der Waals surface area contributed by atoms with Crippen LogP contribution in [0.2, 0.25) is 0 Å². The average Bonchev–Trinajstić information content (AvgIpc) is 2.77. The van der Waals surface area contributed by atoms with Gasteiger partial charge in [0.05, 0.1) is 24.6 Å². The molecule has 1 atom stereocenters. The fourth-order valence-electron chi connectivity index (χ4n) is 3.51. The molecule has 1 amide bonds. The first-order chi connectivity index (χ1) is 15.3. The summed E-state index contributed by atoms with van der Waals surface area (Å²) in [6.45, 7) is 4.04. The van der Waals surface area contributed by atoms with Crippen LogP contribution in [-0.4, -0.2) is 33.7 Å². The maximum atomic E-state index is 13.1. The highest BCUT2D eigenvalue weighted by Gasteiger charge is 2.24. The molecule has 3 rings (SSSR count). The molecule has 0 aromatic heterocycles. The lowest BCUT2D eigenvalue weighted by molar-refractivity contribution is -0.120. The summed E-state index contributed by atoms with van der Waals surface area (Å²) in [5.74, 6) is 0.235. The Balaban J connectivity index is 1.87. The Morgan fingerprint density at radius 2 is 1.59 bits per heavy atom. The molecule has 0 saturated heterocycles. The van der Waals surface area contributed by atoms with Gasteiger partial charge in [-0.15, -0.1) is 0 Å². The molecule has 168 valence electrons. The number of rotatable bonds is 9. The number of ether oxygens (including phenoxy) is 1. The first-order valence-corrected chi connectivity index (χ1v) is 12.2. The largest absolute Gasteiger partial charge is 0.494 e. The van der Waals surface area contributed by atoms with E-state index in [-0.39, 0.29) is 6.54 Å². The second-order valence-electron chi connectivity index (χ2n) is 7.46. The molecular weight excluding hydrogens is 424 g/mol. The number of benzene rings is 3. The van der Waals surface area contributed by atoms with Crippen LogP contribution < -0.4 is 14.4 Å². The molecule has 3 aromatic carbocycles. The fraction of sp³-hybridized carbons (Fsp3) is 0.240. The Morgan fingerprint density at radius 3 is 2.19 bits per heavy atom. The van der Waals surface area contributed by atoms with Gasteiger partial charge in [0.15, 0.2) is 0 Å². The van der Waals surface area contributed by atoms with E-state index >= 15 is 0 Å². The Kier molecular flexibility index (Phi) is 7.53. The van der Waals surface area contributed by atoms with Gasteiger partial charge in [-0.3, -0.25) is 9.10 Å². The Morgan fingerprint density at radius 1 is 0.969 bits per heavy atom. The lowest BCUT2D eigenvalue weighted by atomic mass is 9.95. The van der Waals surface area contributed by atoms with E-state index in [2.05, 4.69) is 5.32 Å². The van der Waals surface area contributed by atoms with E-state index in [1.807, 2.05) is 68.4 Å². The van der Waals surface area contributed by atoms with Gasteiger partial charge in [0, 0.05) is 0 Å². The smallest absolute Gasteiger partial charge is 0.241 e. The van der Waals surface area contributed by atoms with E-state index in [0.29, 0.717) is 18.0 Å². The van der Waals surface area contributed by atoms with Crippen molar-refractivity contribution in [3.05, 3.63) is 95.6 Å². The molecule has 3 aromatic rings. The van der Waals surface area contributed by atoms with E-state index < -0.39 is 22.0 Å². The second kappa shape index (κ2) is 10.3. The van der Waals surface area contributed by atoms with Gasteiger partial charge in [-0.05, 0) is 54.8 Å². The molecule has 6 nitrogen and oxygen atoms in total. The summed E-state index contributed by atoms with van der Waals surface area (Å²) in [6, 6.07) is 23.7. The third-order valence-electron chi connectivity index (χ3n) is 5.06. The molecule has 0 aliphatic heterocycles. The quantitative estimate of drug-likeness (QED) is 0.531. The minimum Gasteiger partial charge on any atom is -0.494 e. The van der Waals surface area contributed by atoms with Crippen LogP contribution in [0.5, 0.6) is 5.75 Å². The van der Waals surface area contributed by atoms with Gasteiger partial charge in [-0.2, -0.15) is 0 Å². The van der Waals surface area contributed by atoms with Crippen molar-refractivity contribution in [2.24, 2.45) is 0 Å². The zero-order valence-electron chi connectivity index (χ0n) is 18.5. The van der Waals surface area contributed by atoms with E-state index in [0.717, 1.165) is 27.3 Å². The number of carbonyl (C=O) groups excluding carboxylic acids is 1. The molecule has 0 heterocycles. The lowest BCUT2D eigenvalue weighted by Crippen LogP contribution is -2.42. The van der Waals surface area contributed by atoms with Crippen LogP contribution >= 0.6 is 0 Å². The van der Waals surface area contributed by atoms with Crippen LogP contribution in [0.4, 0.5) is 5.69 Å². The molecule has 0 bridgehead atoms. The normalized spacial score (nSPS) is 12.1. The Bertz CT molecular complexity index is 1150.